The molecule has 4 heteroatoms. The van der Waals surface area contributed by atoms with Gasteiger partial charge in [-0.25, -0.2) is 0 Å². The Kier molecular flexibility index (Phi) is 5.84. The van der Waals surface area contributed by atoms with Gasteiger partial charge in [0.2, 0.25) is 5.91 Å². The second-order valence-corrected chi connectivity index (χ2v) is 4.22. The summed E-state index contributed by atoms with van der Waals surface area (Å²) >= 11 is 5.61. The molecular weight excluding hydrogens is 238 g/mol. The minimum Gasteiger partial charge on any atom is -0.496 e. The Hall–Kier alpha value is -1.22. The van der Waals surface area contributed by atoms with Gasteiger partial charge in [-0.05, 0) is 18.1 Å². The van der Waals surface area contributed by atoms with Crippen molar-refractivity contribution >= 4 is 17.5 Å². The van der Waals surface area contributed by atoms with Crippen LogP contribution in [0.25, 0.3) is 0 Å². The van der Waals surface area contributed by atoms with Crippen molar-refractivity contribution in [2.24, 2.45) is 5.92 Å². The second kappa shape index (κ2) is 7.17. The van der Waals surface area contributed by atoms with Gasteiger partial charge in [0, 0.05) is 18.3 Å². The highest BCUT2D eigenvalue weighted by atomic mass is 35.5. The zero-order valence-corrected chi connectivity index (χ0v) is 11.0. The minimum absolute atomic E-state index is 0.00472. The number of carbonyl (C=O) groups is 1. The molecule has 1 aromatic rings. The number of carbonyl (C=O) groups excluding carboxylic acids is 1. The summed E-state index contributed by atoms with van der Waals surface area (Å²) in [7, 11) is 1.65. The number of methoxy groups -OCH3 is 1. The topological polar surface area (TPSA) is 38.3 Å². The first kappa shape index (κ1) is 13.8. The zero-order chi connectivity index (χ0) is 12.7. The van der Waals surface area contributed by atoms with Crippen LogP contribution in [0.2, 0.25) is 0 Å². The fourth-order valence-corrected chi connectivity index (χ4v) is 1.61. The Morgan fingerprint density at radius 3 is 2.82 bits per heavy atom. The molecule has 0 heterocycles. The van der Waals surface area contributed by atoms with Gasteiger partial charge >= 0.3 is 0 Å². The molecule has 94 valence electrons. The number of hydrogen-bond acceptors (Lipinski definition) is 2. The Bertz CT molecular complexity index is 368. The molecule has 0 aliphatic rings. The van der Waals surface area contributed by atoms with E-state index in [-0.39, 0.29) is 11.8 Å². The first-order chi connectivity index (χ1) is 8.19. The molecule has 0 spiro atoms. The second-order valence-electron chi connectivity index (χ2n) is 3.91. The fraction of sp³-hybridized carbons (Fsp3) is 0.462. The minimum atomic E-state index is -0.144. The van der Waals surface area contributed by atoms with Crippen molar-refractivity contribution in [3.05, 3.63) is 29.8 Å². The fourth-order valence-electron chi connectivity index (χ4n) is 1.47. The maximum Gasteiger partial charge on any atom is 0.224 e. The molecule has 0 saturated carbocycles. The maximum atomic E-state index is 11.5. The van der Waals surface area contributed by atoms with Gasteiger partial charge in [0.15, 0.2) is 0 Å². The van der Waals surface area contributed by atoms with E-state index in [4.69, 9.17) is 16.3 Å². The van der Waals surface area contributed by atoms with Crippen molar-refractivity contribution in [3.8, 4) is 5.75 Å². The lowest BCUT2D eigenvalue weighted by atomic mass is 10.1. The van der Waals surface area contributed by atoms with Crippen LogP contribution >= 0.6 is 11.6 Å². The monoisotopic (exact) mass is 255 g/mol. The van der Waals surface area contributed by atoms with Gasteiger partial charge in [0.1, 0.15) is 5.75 Å². The first-order valence-corrected chi connectivity index (χ1v) is 6.18. The lowest BCUT2D eigenvalue weighted by Gasteiger charge is -2.11. The summed E-state index contributed by atoms with van der Waals surface area (Å²) in [6.07, 6.45) is 0.755. The molecular formula is C13H18ClNO2. The van der Waals surface area contributed by atoms with Crippen molar-refractivity contribution in [1.29, 1.82) is 0 Å². The molecule has 17 heavy (non-hydrogen) atoms. The molecule has 1 rings (SSSR count). The quantitative estimate of drug-likeness (QED) is 0.792. The van der Waals surface area contributed by atoms with E-state index in [1.807, 2.05) is 31.2 Å². The van der Waals surface area contributed by atoms with Crippen molar-refractivity contribution in [1.82, 2.24) is 5.32 Å². The molecule has 0 saturated heterocycles. The lowest BCUT2D eigenvalue weighted by Crippen LogP contribution is -2.31. The van der Waals surface area contributed by atoms with Gasteiger partial charge in [0.25, 0.3) is 0 Å². The van der Waals surface area contributed by atoms with Crippen LogP contribution in [0.15, 0.2) is 24.3 Å². The molecule has 1 unspecified atom stereocenters. The van der Waals surface area contributed by atoms with E-state index in [1.54, 1.807) is 7.11 Å². The molecule has 0 aliphatic carbocycles. The maximum absolute atomic E-state index is 11.5. The smallest absolute Gasteiger partial charge is 0.224 e. The lowest BCUT2D eigenvalue weighted by molar-refractivity contribution is -0.123. The van der Waals surface area contributed by atoms with E-state index in [2.05, 4.69) is 5.32 Å². The van der Waals surface area contributed by atoms with Crippen LogP contribution < -0.4 is 10.1 Å². The summed E-state index contributed by atoms with van der Waals surface area (Å²) in [4.78, 5) is 11.5. The largest absolute Gasteiger partial charge is 0.496 e. The number of halogens is 1. The average molecular weight is 256 g/mol. The van der Waals surface area contributed by atoms with Gasteiger partial charge < -0.3 is 10.1 Å². The highest BCUT2D eigenvalue weighted by Gasteiger charge is 2.10. The van der Waals surface area contributed by atoms with Crippen molar-refractivity contribution in [2.75, 3.05) is 19.5 Å². The summed E-state index contributed by atoms with van der Waals surface area (Å²) in [5.74, 6) is 1.05. The number of ether oxygens (including phenoxy) is 1. The predicted molar refractivity (Wildman–Crippen MR) is 69.6 cm³/mol. The molecule has 1 aromatic carbocycles. The number of benzene rings is 1. The third-order valence-electron chi connectivity index (χ3n) is 2.57. The molecule has 3 nitrogen and oxygen atoms in total. The SMILES string of the molecule is COc1ccccc1CCNC(=O)C(C)CCl. The Morgan fingerprint density at radius 2 is 2.18 bits per heavy atom. The first-order valence-electron chi connectivity index (χ1n) is 5.64. The molecule has 1 N–H and O–H groups in total. The van der Waals surface area contributed by atoms with Crippen LogP contribution in [0.1, 0.15) is 12.5 Å². The van der Waals surface area contributed by atoms with E-state index in [1.165, 1.54) is 0 Å². The molecule has 0 radical (unpaired) electrons. The van der Waals surface area contributed by atoms with E-state index in [9.17, 15) is 4.79 Å². The highest BCUT2D eigenvalue weighted by Crippen LogP contribution is 2.17. The van der Waals surface area contributed by atoms with Crippen molar-refractivity contribution < 1.29 is 9.53 Å². The van der Waals surface area contributed by atoms with Gasteiger partial charge in [-0.3, -0.25) is 4.79 Å². The van der Waals surface area contributed by atoms with Crippen molar-refractivity contribution in [2.45, 2.75) is 13.3 Å². The third kappa shape index (κ3) is 4.27. The molecule has 1 atom stereocenters. The number of para-hydroxylation sites is 1. The molecule has 0 fully saturated rings. The van der Waals surface area contributed by atoms with E-state index in [0.717, 1.165) is 17.7 Å². The Balaban J connectivity index is 2.43. The number of nitrogens with one attached hydrogen (secondary N) is 1. The van der Waals surface area contributed by atoms with Crippen LogP contribution in [0, 0.1) is 5.92 Å². The standard InChI is InChI=1S/C13H18ClNO2/c1-10(9-14)13(16)15-8-7-11-5-3-4-6-12(11)17-2/h3-6,10H,7-9H2,1-2H3,(H,15,16). The van der Waals surface area contributed by atoms with E-state index >= 15 is 0 Å². The molecule has 1 amide bonds. The summed E-state index contributed by atoms with van der Waals surface area (Å²) in [6, 6.07) is 7.80. The normalized spacial score (nSPS) is 11.9. The Labute approximate surface area is 107 Å². The number of rotatable bonds is 6. The van der Waals surface area contributed by atoms with Gasteiger partial charge in [0.05, 0.1) is 7.11 Å². The molecule has 0 aromatic heterocycles. The Morgan fingerprint density at radius 1 is 1.47 bits per heavy atom. The molecule has 0 aliphatic heterocycles. The van der Waals surface area contributed by atoms with Crippen molar-refractivity contribution in [3.63, 3.8) is 0 Å². The third-order valence-corrected chi connectivity index (χ3v) is 3.03. The number of hydrogen-bond donors (Lipinski definition) is 1. The van der Waals surface area contributed by atoms with Gasteiger partial charge in [-0.2, -0.15) is 0 Å². The number of alkyl halides is 1. The predicted octanol–water partition coefficient (Wildman–Crippen LogP) is 2.23. The zero-order valence-electron chi connectivity index (χ0n) is 10.2. The van der Waals surface area contributed by atoms with Crippen LogP contribution in [-0.4, -0.2) is 25.4 Å². The van der Waals surface area contributed by atoms with Crippen LogP contribution in [0.5, 0.6) is 5.75 Å². The highest BCUT2D eigenvalue weighted by molar-refractivity contribution is 6.19. The van der Waals surface area contributed by atoms with Gasteiger partial charge in [-0.15, -0.1) is 11.6 Å². The summed E-state index contributed by atoms with van der Waals surface area (Å²) in [5.41, 5.74) is 1.09. The summed E-state index contributed by atoms with van der Waals surface area (Å²) in [5, 5.41) is 2.85. The summed E-state index contributed by atoms with van der Waals surface area (Å²) in [6.45, 7) is 2.41. The molecule has 0 bridgehead atoms. The summed E-state index contributed by atoms with van der Waals surface area (Å²) < 4.78 is 5.24. The average Bonchev–Trinajstić information content (AvgIpc) is 2.38. The van der Waals surface area contributed by atoms with Crippen LogP contribution in [-0.2, 0) is 11.2 Å². The van der Waals surface area contributed by atoms with E-state index < -0.39 is 0 Å². The number of amides is 1. The van der Waals surface area contributed by atoms with Crippen LogP contribution in [0.3, 0.4) is 0 Å². The van der Waals surface area contributed by atoms with E-state index in [0.29, 0.717) is 12.4 Å². The van der Waals surface area contributed by atoms with Crippen LogP contribution in [0.4, 0.5) is 0 Å². The van der Waals surface area contributed by atoms with Gasteiger partial charge in [-0.1, -0.05) is 25.1 Å².